The molecule has 4 rings (SSSR count). The van der Waals surface area contributed by atoms with Gasteiger partial charge in [-0.2, -0.15) is 8.42 Å². The number of carbonyl (C=O) groups is 1. The molecule has 9 heteroatoms. The zero-order valence-electron chi connectivity index (χ0n) is 15.8. The Balaban J connectivity index is 1.55. The maximum Gasteiger partial charge on any atom is 0.326 e. The lowest BCUT2D eigenvalue weighted by Gasteiger charge is -2.32. The third-order valence-corrected chi connectivity index (χ3v) is 7.52. The van der Waals surface area contributed by atoms with Gasteiger partial charge in [-0.25, -0.2) is 13.4 Å². The largest absolute Gasteiger partial charge is 0.506 e. The predicted molar refractivity (Wildman–Crippen MR) is 103 cm³/mol. The van der Waals surface area contributed by atoms with Crippen LogP contribution in [0.25, 0.3) is 0 Å². The van der Waals surface area contributed by atoms with Crippen LogP contribution in [-0.4, -0.2) is 44.0 Å². The number of aromatic hydroxyl groups is 1. The molecule has 2 N–H and O–H groups in total. The van der Waals surface area contributed by atoms with Crippen molar-refractivity contribution in [3.63, 3.8) is 0 Å². The van der Waals surface area contributed by atoms with E-state index in [0.717, 1.165) is 25.4 Å². The van der Waals surface area contributed by atoms with Gasteiger partial charge in [0.15, 0.2) is 5.82 Å². The van der Waals surface area contributed by atoms with Gasteiger partial charge in [0, 0.05) is 18.7 Å². The number of anilines is 1. The molecule has 2 fully saturated rings. The quantitative estimate of drug-likeness (QED) is 0.791. The lowest BCUT2D eigenvalue weighted by atomic mass is 9.86. The van der Waals surface area contributed by atoms with Crippen molar-refractivity contribution in [1.82, 2.24) is 9.62 Å². The number of carbonyl (C=O) groups excluding carboxylic acids is 1. The molecule has 1 aromatic carbocycles. The van der Waals surface area contributed by atoms with Crippen LogP contribution in [0.3, 0.4) is 0 Å². The van der Waals surface area contributed by atoms with E-state index in [1.54, 1.807) is 0 Å². The Hall–Kier alpha value is -1.87. The van der Waals surface area contributed by atoms with Crippen molar-refractivity contribution in [2.75, 3.05) is 23.9 Å². The summed E-state index contributed by atoms with van der Waals surface area (Å²) in [5.74, 6) is -1.21. The molecule has 0 radical (unpaired) electrons. The number of halogens is 1. The summed E-state index contributed by atoms with van der Waals surface area (Å²) in [6.45, 7) is 1.54. The highest BCUT2D eigenvalue weighted by molar-refractivity contribution is 7.92. The number of nitrogens with one attached hydrogen (secondary N) is 1. The average Bonchev–Trinajstić information content (AvgIpc) is 2.93. The second kappa shape index (κ2) is 7.51. The van der Waals surface area contributed by atoms with Gasteiger partial charge in [-0.05, 0) is 36.9 Å². The third kappa shape index (κ3) is 3.69. The molecule has 0 spiro atoms. The van der Waals surface area contributed by atoms with Gasteiger partial charge in [0.2, 0.25) is 0 Å². The third-order valence-electron chi connectivity index (χ3n) is 6.14. The van der Waals surface area contributed by atoms with E-state index in [0.29, 0.717) is 28.4 Å². The number of benzene rings is 1. The first-order valence-electron chi connectivity index (χ1n) is 9.94. The minimum atomic E-state index is -4.18. The number of hydrogen-bond acceptors (Lipinski definition) is 5. The summed E-state index contributed by atoms with van der Waals surface area (Å²) in [6.07, 6.45) is 8.15. The van der Waals surface area contributed by atoms with Crippen molar-refractivity contribution < 1.29 is 22.7 Å². The van der Waals surface area contributed by atoms with Gasteiger partial charge in [-0.15, -0.1) is 0 Å². The number of phenols is 1. The first-order valence-corrected chi connectivity index (χ1v) is 11.4. The van der Waals surface area contributed by atoms with Crippen LogP contribution in [0.5, 0.6) is 5.75 Å². The van der Waals surface area contributed by atoms with Gasteiger partial charge >= 0.3 is 10.2 Å². The number of nitrogens with zero attached hydrogens (tertiary/aromatic N) is 2. The maximum absolute atomic E-state index is 15.3. The molecule has 1 aliphatic carbocycles. The fraction of sp³-hybridized carbons (Fsp3) is 0.632. The number of hydrogen-bond donors (Lipinski definition) is 2. The van der Waals surface area contributed by atoms with Crippen LogP contribution in [0.15, 0.2) is 6.07 Å². The molecular weight excluding hydrogens is 385 g/mol. The SMILES string of the molecule is O=C1CN(c2c(O)cc3c(c2F)CN(CCC2CCCCC2)CC3)S(=O)(=O)N1. The maximum atomic E-state index is 15.3. The smallest absolute Gasteiger partial charge is 0.326 e. The molecule has 0 bridgehead atoms. The molecule has 1 amide bonds. The van der Waals surface area contributed by atoms with Gasteiger partial charge in [-0.3, -0.25) is 9.69 Å². The van der Waals surface area contributed by atoms with Crippen molar-refractivity contribution in [2.24, 2.45) is 5.92 Å². The van der Waals surface area contributed by atoms with Crippen LogP contribution in [0.4, 0.5) is 10.1 Å². The van der Waals surface area contributed by atoms with Gasteiger partial charge in [0.25, 0.3) is 5.91 Å². The van der Waals surface area contributed by atoms with Gasteiger partial charge in [0.1, 0.15) is 18.0 Å². The topological polar surface area (TPSA) is 90.0 Å². The molecule has 7 nitrogen and oxygen atoms in total. The Labute approximate surface area is 164 Å². The summed E-state index contributed by atoms with van der Waals surface area (Å²) in [4.78, 5) is 13.7. The molecule has 3 aliphatic rings. The zero-order chi connectivity index (χ0) is 19.9. The Morgan fingerprint density at radius 1 is 1.21 bits per heavy atom. The van der Waals surface area contributed by atoms with E-state index in [1.165, 1.54) is 38.2 Å². The number of fused-ring (bicyclic) bond motifs is 1. The van der Waals surface area contributed by atoms with E-state index in [-0.39, 0.29) is 0 Å². The minimum absolute atomic E-state index is 0.385. The molecule has 0 atom stereocenters. The summed E-state index contributed by atoms with van der Waals surface area (Å²) in [6, 6.07) is 1.44. The minimum Gasteiger partial charge on any atom is -0.506 e. The summed E-state index contributed by atoms with van der Waals surface area (Å²) >= 11 is 0. The van der Waals surface area contributed by atoms with E-state index >= 15 is 4.39 Å². The molecule has 0 aromatic heterocycles. The van der Waals surface area contributed by atoms with Gasteiger partial charge < -0.3 is 5.11 Å². The molecular formula is C19H26FN3O4S. The molecule has 0 unspecified atom stereocenters. The zero-order valence-corrected chi connectivity index (χ0v) is 16.6. The summed E-state index contributed by atoms with van der Waals surface area (Å²) in [7, 11) is -4.18. The second-order valence-electron chi connectivity index (χ2n) is 8.05. The molecule has 1 aromatic rings. The van der Waals surface area contributed by atoms with E-state index in [4.69, 9.17) is 0 Å². The highest BCUT2D eigenvalue weighted by Gasteiger charge is 2.39. The number of rotatable bonds is 4. The Kier molecular flexibility index (Phi) is 5.22. The molecule has 1 saturated carbocycles. The van der Waals surface area contributed by atoms with Gasteiger partial charge in [-0.1, -0.05) is 32.1 Å². The monoisotopic (exact) mass is 411 g/mol. The average molecular weight is 411 g/mol. The Bertz CT molecular complexity index is 884. The summed E-state index contributed by atoms with van der Waals surface area (Å²) < 4.78 is 41.9. The van der Waals surface area contributed by atoms with Crippen LogP contribution < -0.4 is 9.03 Å². The van der Waals surface area contributed by atoms with E-state index in [1.807, 2.05) is 4.72 Å². The predicted octanol–water partition coefficient (Wildman–Crippen LogP) is 2.04. The van der Waals surface area contributed by atoms with E-state index in [2.05, 4.69) is 4.90 Å². The van der Waals surface area contributed by atoms with Gasteiger partial charge in [0.05, 0.1) is 0 Å². The molecule has 2 aliphatic heterocycles. The van der Waals surface area contributed by atoms with E-state index in [9.17, 15) is 18.3 Å². The molecule has 28 heavy (non-hydrogen) atoms. The standard InChI is InChI=1S/C19H26FN3O4S/c20-18-15-11-22(8-6-13-4-2-1-3-5-13)9-7-14(15)10-16(24)19(18)23-12-17(25)21-28(23,26)27/h10,13,24H,1-9,11-12H2,(H,21,25). The molecule has 2 heterocycles. The molecule has 1 saturated heterocycles. The van der Waals surface area contributed by atoms with Crippen molar-refractivity contribution in [3.05, 3.63) is 23.0 Å². The van der Waals surface area contributed by atoms with Crippen molar-refractivity contribution in [1.29, 1.82) is 0 Å². The highest BCUT2D eigenvalue weighted by Crippen LogP contribution is 2.39. The van der Waals surface area contributed by atoms with Crippen molar-refractivity contribution in [3.8, 4) is 5.75 Å². The van der Waals surface area contributed by atoms with Crippen LogP contribution in [0, 0.1) is 11.7 Å². The van der Waals surface area contributed by atoms with Crippen LogP contribution in [0.1, 0.15) is 49.7 Å². The van der Waals surface area contributed by atoms with Crippen LogP contribution >= 0.6 is 0 Å². The normalized spacial score (nSPS) is 22.9. The lowest BCUT2D eigenvalue weighted by molar-refractivity contribution is -0.117. The van der Waals surface area contributed by atoms with Crippen LogP contribution in [0.2, 0.25) is 0 Å². The number of phenolic OH excluding ortho intramolecular Hbond substituents is 1. The van der Waals surface area contributed by atoms with E-state index < -0.39 is 39.9 Å². The number of amides is 1. The van der Waals surface area contributed by atoms with Crippen molar-refractivity contribution in [2.45, 2.75) is 51.5 Å². The molecule has 154 valence electrons. The van der Waals surface area contributed by atoms with Crippen molar-refractivity contribution >= 4 is 21.8 Å². The summed E-state index contributed by atoms with van der Waals surface area (Å²) in [5, 5.41) is 10.3. The lowest BCUT2D eigenvalue weighted by Crippen LogP contribution is -2.34. The second-order valence-corrected chi connectivity index (χ2v) is 9.65. The fourth-order valence-corrected chi connectivity index (χ4v) is 5.77. The Morgan fingerprint density at radius 2 is 1.96 bits per heavy atom. The first-order chi connectivity index (χ1) is 13.3. The van der Waals surface area contributed by atoms with Crippen LogP contribution in [-0.2, 0) is 28.0 Å². The fourth-order valence-electron chi connectivity index (χ4n) is 4.61. The highest BCUT2D eigenvalue weighted by atomic mass is 32.2. The first kappa shape index (κ1) is 19.4. The Morgan fingerprint density at radius 3 is 2.64 bits per heavy atom. The summed E-state index contributed by atoms with van der Waals surface area (Å²) in [5.41, 5.74) is 0.673.